The number of piperidine rings is 1. The van der Waals surface area contributed by atoms with E-state index in [0.29, 0.717) is 44.6 Å². The maximum atomic E-state index is 13.5. The van der Waals surface area contributed by atoms with Crippen molar-refractivity contribution in [3.8, 4) is 0 Å². The van der Waals surface area contributed by atoms with Crippen molar-refractivity contribution in [3.63, 3.8) is 0 Å². The number of benzene rings is 1. The Balaban J connectivity index is 1.65. The van der Waals surface area contributed by atoms with Crippen LogP contribution >= 0.6 is 11.3 Å². The number of amides is 2. The van der Waals surface area contributed by atoms with Crippen LogP contribution in [-0.2, 0) is 9.53 Å². The zero-order valence-corrected chi connectivity index (χ0v) is 17.9. The van der Waals surface area contributed by atoms with Gasteiger partial charge in [0.05, 0.1) is 17.7 Å². The predicted octanol–water partition coefficient (Wildman–Crippen LogP) is 3.00. The summed E-state index contributed by atoms with van der Waals surface area (Å²) in [7, 11) is 0. The third kappa shape index (κ3) is 4.29. The van der Waals surface area contributed by atoms with Crippen LogP contribution in [0.15, 0.2) is 47.8 Å². The van der Waals surface area contributed by atoms with Gasteiger partial charge in [-0.2, -0.15) is 0 Å². The molecule has 3 atom stereocenters. The minimum Gasteiger partial charge on any atom is -0.388 e. The lowest BCUT2D eigenvalue weighted by Crippen LogP contribution is -2.63. The van der Waals surface area contributed by atoms with Gasteiger partial charge in [0.1, 0.15) is 0 Å². The van der Waals surface area contributed by atoms with E-state index in [4.69, 9.17) is 4.74 Å². The zero-order chi connectivity index (χ0) is 21.1. The van der Waals surface area contributed by atoms with Gasteiger partial charge in [0.2, 0.25) is 5.91 Å². The molecule has 2 amide bonds. The van der Waals surface area contributed by atoms with Crippen LogP contribution in [0, 0.1) is 5.92 Å². The molecule has 2 aliphatic heterocycles. The Hall–Kier alpha value is -2.22. The Labute approximate surface area is 180 Å². The van der Waals surface area contributed by atoms with Gasteiger partial charge in [0.15, 0.2) is 0 Å². The number of thiophene rings is 1. The summed E-state index contributed by atoms with van der Waals surface area (Å²) in [6, 6.07) is 11.9. The molecule has 0 radical (unpaired) electrons. The summed E-state index contributed by atoms with van der Waals surface area (Å²) in [6.07, 6.45) is 1.83. The monoisotopic (exact) mass is 428 g/mol. The Morgan fingerprint density at radius 2 is 1.90 bits per heavy atom. The van der Waals surface area contributed by atoms with E-state index in [9.17, 15) is 14.7 Å². The summed E-state index contributed by atoms with van der Waals surface area (Å²) in [5.74, 6) is -0.233. The minimum absolute atomic E-state index is 0.0743. The number of likely N-dealkylation sites (tertiary alicyclic amines) is 1. The van der Waals surface area contributed by atoms with Gasteiger partial charge in [-0.1, -0.05) is 24.3 Å². The van der Waals surface area contributed by atoms with Gasteiger partial charge < -0.3 is 20.1 Å². The van der Waals surface area contributed by atoms with Gasteiger partial charge in [-0.3, -0.25) is 9.59 Å². The molecule has 0 aliphatic carbocycles. The average Bonchev–Trinajstić information content (AvgIpc) is 3.30. The Kier molecular flexibility index (Phi) is 6.22. The highest BCUT2D eigenvalue weighted by molar-refractivity contribution is 7.10. The van der Waals surface area contributed by atoms with Crippen LogP contribution in [0.2, 0.25) is 0 Å². The first-order valence-electron chi connectivity index (χ1n) is 10.5. The van der Waals surface area contributed by atoms with Crippen molar-refractivity contribution < 1.29 is 19.4 Å². The number of carbonyl (C=O) groups excluding carboxylic acids is 2. The summed E-state index contributed by atoms with van der Waals surface area (Å²) in [4.78, 5) is 29.2. The molecular formula is C23H28N2O4S. The van der Waals surface area contributed by atoms with Crippen molar-refractivity contribution in [2.75, 3.05) is 19.8 Å². The zero-order valence-electron chi connectivity index (χ0n) is 17.1. The quantitative estimate of drug-likeness (QED) is 0.785. The Morgan fingerprint density at radius 3 is 2.57 bits per heavy atom. The van der Waals surface area contributed by atoms with Gasteiger partial charge in [-0.15, -0.1) is 11.3 Å². The molecule has 0 unspecified atom stereocenters. The number of carbonyl (C=O) groups is 2. The van der Waals surface area contributed by atoms with E-state index >= 15 is 0 Å². The van der Waals surface area contributed by atoms with Crippen LogP contribution in [0.4, 0.5) is 0 Å². The Morgan fingerprint density at radius 1 is 1.17 bits per heavy atom. The van der Waals surface area contributed by atoms with E-state index in [1.165, 1.54) is 0 Å². The second-order valence-electron chi connectivity index (χ2n) is 8.30. The van der Waals surface area contributed by atoms with E-state index in [-0.39, 0.29) is 17.7 Å². The lowest BCUT2D eigenvalue weighted by Gasteiger charge is -2.49. The molecular weight excluding hydrogens is 400 g/mol. The smallest absolute Gasteiger partial charge is 0.251 e. The first-order chi connectivity index (χ1) is 14.5. The molecule has 0 spiro atoms. The summed E-state index contributed by atoms with van der Waals surface area (Å²) in [5, 5.41) is 16.3. The molecule has 30 heavy (non-hydrogen) atoms. The van der Waals surface area contributed by atoms with Crippen LogP contribution in [0.1, 0.15) is 47.5 Å². The summed E-state index contributed by atoms with van der Waals surface area (Å²) in [5.41, 5.74) is -0.600. The second-order valence-corrected chi connectivity index (χ2v) is 9.28. The first-order valence-corrected chi connectivity index (χ1v) is 11.4. The molecule has 4 rings (SSSR count). The minimum atomic E-state index is -1.13. The molecule has 2 aromatic rings. The SMILES string of the molecule is C[C@@]1(O)CCN(C(=O)C2CCOCC2)[C@@H](c2cccs2)[C@@H]1NC(=O)c1ccccc1. The maximum Gasteiger partial charge on any atom is 0.251 e. The van der Waals surface area contributed by atoms with Gasteiger partial charge in [-0.25, -0.2) is 0 Å². The van der Waals surface area contributed by atoms with Crippen molar-refractivity contribution in [1.82, 2.24) is 10.2 Å². The topological polar surface area (TPSA) is 78.9 Å². The standard InChI is InChI=1S/C23H28N2O4S/c1-23(28)11-12-25(22(27)17-9-13-29-14-10-17)19(18-8-5-15-30-18)20(23)24-21(26)16-6-3-2-4-7-16/h2-8,15,17,19-20,28H,9-14H2,1H3,(H,24,26)/t19-,20-,23+/m0/s1. The molecule has 2 N–H and O–H groups in total. The molecule has 1 aromatic carbocycles. The molecule has 0 bridgehead atoms. The average molecular weight is 429 g/mol. The number of ether oxygens (including phenoxy) is 1. The van der Waals surface area contributed by atoms with E-state index in [2.05, 4.69) is 5.32 Å². The summed E-state index contributed by atoms with van der Waals surface area (Å²) < 4.78 is 5.43. The van der Waals surface area contributed by atoms with Crippen molar-refractivity contribution in [2.45, 2.75) is 43.9 Å². The van der Waals surface area contributed by atoms with Crippen molar-refractivity contribution in [2.24, 2.45) is 5.92 Å². The Bertz CT molecular complexity index is 863. The molecule has 2 fully saturated rings. The fourth-order valence-electron chi connectivity index (χ4n) is 4.41. The van der Waals surface area contributed by atoms with E-state index < -0.39 is 17.7 Å². The second kappa shape index (κ2) is 8.88. The number of aliphatic hydroxyl groups is 1. The molecule has 6 nitrogen and oxygen atoms in total. The summed E-state index contributed by atoms with van der Waals surface area (Å²) in [6.45, 7) is 3.41. The van der Waals surface area contributed by atoms with E-state index in [1.807, 2.05) is 40.6 Å². The fourth-order valence-corrected chi connectivity index (χ4v) is 5.29. The van der Waals surface area contributed by atoms with Crippen LogP contribution in [0.3, 0.4) is 0 Å². The van der Waals surface area contributed by atoms with Crippen molar-refractivity contribution in [1.29, 1.82) is 0 Å². The van der Waals surface area contributed by atoms with Crippen LogP contribution in [0.25, 0.3) is 0 Å². The van der Waals surface area contributed by atoms with E-state index in [0.717, 1.165) is 4.88 Å². The molecule has 0 saturated carbocycles. The largest absolute Gasteiger partial charge is 0.388 e. The third-order valence-corrected chi connectivity index (χ3v) is 7.13. The molecule has 7 heteroatoms. The highest BCUT2D eigenvalue weighted by Crippen LogP contribution is 2.40. The molecule has 2 aliphatic rings. The number of rotatable bonds is 4. The van der Waals surface area contributed by atoms with Gasteiger partial charge in [-0.05, 0) is 49.8 Å². The van der Waals surface area contributed by atoms with Crippen molar-refractivity contribution in [3.05, 3.63) is 58.3 Å². The summed E-state index contributed by atoms with van der Waals surface area (Å²) >= 11 is 1.54. The first kappa shape index (κ1) is 21.0. The lowest BCUT2D eigenvalue weighted by atomic mass is 9.80. The highest BCUT2D eigenvalue weighted by Gasteiger charge is 2.49. The highest BCUT2D eigenvalue weighted by atomic mass is 32.1. The number of nitrogens with one attached hydrogen (secondary N) is 1. The molecule has 1 aromatic heterocycles. The predicted molar refractivity (Wildman–Crippen MR) is 115 cm³/mol. The normalized spacial score (nSPS) is 27.6. The fraction of sp³-hybridized carbons (Fsp3) is 0.478. The molecule has 160 valence electrons. The van der Waals surface area contributed by atoms with Gasteiger partial charge in [0, 0.05) is 36.1 Å². The molecule has 3 heterocycles. The lowest BCUT2D eigenvalue weighted by molar-refractivity contribution is -0.149. The number of hydrogen-bond acceptors (Lipinski definition) is 5. The van der Waals surface area contributed by atoms with Crippen LogP contribution in [-0.4, -0.2) is 53.2 Å². The van der Waals surface area contributed by atoms with Gasteiger partial charge >= 0.3 is 0 Å². The molecule has 2 saturated heterocycles. The van der Waals surface area contributed by atoms with Crippen LogP contribution < -0.4 is 5.32 Å². The van der Waals surface area contributed by atoms with Crippen molar-refractivity contribution >= 4 is 23.2 Å². The number of nitrogens with zero attached hydrogens (tertiary/aromatic N) is 1. The number of hydrogen-bond donors (Lipinski definition) is 2. The van der Waals surface area contributed by atoms with E-state index in [1.54, 1.807) is 30.4 Å². The third-order valence-electron chi connectivity index (χ3n) is 6.19. The van der Waals surface area contributed by atoms with Gasteiger partial charge in [0.25, 0.3) is 5.91 Å². The maximum absolute atomic E-state index is 13.5. The van der Waals surface area contributed by atoms with Crippen LogP contribution in [0.5, 0.6) is 0 Å².